The van der Waals surface area contributed by atoms with Crippen molar-refractivity contribution in [3.63, 3.8) is 0 Å². The number of unbranched alkanes of at least 4 members (excludes halogenated alkanes) is 1. The summed E-state index contributed by atoms with van der Waals surface area (Å²) in [6, 6.07) is 7.64. The summed E-state index contributed by atoms with van der Waals surface area (Å²) in [6.45, 7) is 3.95. The summed E-state index contributed by atoms with van der Waals surface area (Å²) in [5.74, 6) is 0.471. The Balaban J connectivity index is 1.47. The average molecular weight is 332 g/mol. The molecule has 2 aliphatic heterocycles. The van der Waals surface area contributed by atoms with Crippen LogP contribution in [-0.2, 0) is 19.0 Å². The van der Waals surface area contributed by atoms with Crippen LogP contribution in [0.1, 0.15) is 31.7 Å². The number of ether oxygens (including phenoxy) is 4. The Morgan fingerprint density at radius 2 is 2.12 bits per heavy atom. The van der Waals surface area contributed by atoms with E-state index in [1.165, 1.54) is 6.08 Å². The van der Waals surface area contributed by atoms with Crippen molar-refractivity contribution in [3.05, 3.63) is 35.9 Å². The third-order valence-corrected chi connectivity index (χ3v) is 4.25. The van der Waals surface area contributed by atoms with Crippen LogP contribution < -0.4 is 4.74 Å². The fraction of sp³-hybridized carbons (Fsp3) is 0.526. The van der Waals surface area contributed by atoms with E-state index in [4.69, 9.17) is 18.9 Å². The monoisotopic (exact) mass is 332 g/mol. The fourth-order valence-corrected chi connectivity index (χ4v) is 2.89. The molecule has 0 spiro atoms. The smallest absolute Gasteiger partial charge is 0.331 e. The van der Waals surface area contributed by atoms with E-state index < -0.39 is 0 Å². The largest absolute Gasteiger partial charge is 0.494 e. The number of carbonyl (C=O) groups excluding carboxylic acids is 1. The molecule has 2 aliphatic rings. The van der Waals surface area contributed by atoms with Crippen molar-refractivity contribution in [2.75, 3.05) is 19.8 Å². The molecule has 0 saturated carbocycles. The van der Waals surface area contributed by atoms with Gasteiger partial charge < -0.3 is 18.9 Å². The number of hydrogen-bond donors (Lipinski definition) is 0. The number of hydrogen-bond acceptors (Lipinski definition) is 5. The van der Waals surface area contributed by atoms with Crippen LogP contribution in [-0.4, -0.2) is 44.1 Å². The molecule has 0 amide bonds. The number of carbonyl (C=O) groups is 1. The first-order valence-electron chi connectivity index (χ1n) is 8.61. The average Bonchev–Trinajstić information content (AvgIpc) is 3.20. The Hall–Kier alpha value is -1.85. The summed E-state index contributed by atoms with van der Waals surface area (Å²) in [7, 11) is 0. The summed E-state index contributed by atoms with van der Waals surface area (Å²) >= 11 is 0. The minimum absolute atomic E-state index is 0.0760. The Morgan fingerprint density at radius 3 is 2.92 bits per heavy atom. The van der Waals surface area contributed by atoms with Gasteiger partial charge in [0.15, 0.2) is 6.10 Å². The summed E-state index contributed by atoms with van der Waals surface area (Å²) in [5, 5.41) is 0. The molecule has 5 heteroatoms. The van der Waals surface area contributed by atoms with Gasteiger partial charge in [-0.3, -0.25) is 0 Å². The fourth-order valence-electron chi connectivity index (χ4n) is 2.89. The lowest BCUT2D eigenvalue weighted by molar-refractivity contribution is -0.147. The molecule has 130 valence electrons. The van der Waals surface area contributed by atoms with E-state index in [1.807, 2.05) is 24.3 Å². The van der Waals surface area contributed by atoms with E-state index in [0.29, 0.717) is 13.2 Å². The predicted octanol–water partition coefficient (Wildman–Crippen LogP) is 2.98. The zero-order chi connectivity index (χ0) is 16.8. The second-order valence-corrected chi connectivity index (χ2v) is 6.08. The lowest BCUT2D eigenvalue weighted by atomic mass is 10.1. The van der Waals surface area contributed by atoms with Gasteiger partial charge in [0, 0.05) is 12.7 Å². The second-order valence-electron chi connectivity index (χ2n) is 6.08. The summed E-state index contributed by atoms with van der Waals surface area (Å²) in [4.78, 5) is 12.0. The van der Waals surface area contributed by atoms with E-state index in [2.05, 4.69) is 6.92 Å². The van der Waals surface area contributed by atoms with Crippen LogP contribution in [0.2, 0.25) is 0 Å². The molecule has 1 aromatic rings. The third kappa shape index (κ3) is 4.36. The molecule has 2 fully saturated rings. The first kappa shape index (κ1) is 17.0. The maximum atomic E-state index is 12.0. The van der Waals surface area contributed by atoms with Gasteiger partial charge in [0.25, 0.3) is 0 Å². The summed E-state index contributed by atoms with van der Waals surface area (Å²) < 4.78 is 22.2. The van der Waals surface area contributed by atoms with Crippen molar-refractivity contribution in [1.29, 1.82) is 0 Å². The van der Waals surface area contributed by atoms with Gasteiger partial charge in [-0.15, -0.1) is 0 Å². The highest BCUT2D eigenvalue weighted by atomic mass is 16.6. The van der Waals surface area contributed by atoms with Crippen LogP contribution >= 0.6 is 0 Å². The van der Waals surface area contributed by atoms with Gasteiger partial charge in [-0.25, -0.2) is 4.79 Å². The van der Waals surface area contributed by atoms with Crippen LogP contribution in [0.4, 0.5) is 0 Å². The van der Waals surface area contributed by atoms with Gasteiger partial charge in [0.1, 0.15) is 11.9 Å². The normalized spacial score (nSPS) is 25.8. The van der Waals surface area contributed by atoms with E-state index >= 15 is 0 Å². The first-order valence-corrected chi connectivity index (χ1v) is 8.61. The van der Waals surface area contributed by atoms with Crippen LogP contribution in [0.5, 0.6) is 5.75 Å². The minimum atomic E-state index is -0.372. The van der Waals surface area contributed by atoms with Crippen molar-refractivity contribution in [3.8, 4) is 5.75 Å². The van der Waals surface area contributed by atoms with Gasteiger partial charge in [-0.1, -0.05) is 25.5 Å². The van der Waals surface area contributed by atoms with Gasteiger partial charge in [0.2, 0.25) is 0 Å². The van der Waals surface area contributed by atoms with Crippen molar-refractivity contribution in [2.45, 2.75) is 44.5 Å². The van der Waals surface area contributed by atoms with E-state index in [9.17, 15) is 4.79 Å². The molecule has 0 radical (unpaired) electrons. The predicted molar refractivity (Wildman–Crippen MR) is 89.9 cm³/mol. The number of rotatable bonds is 7. The lowest BCUT2D eigenvalue weighted by Crippen LogP contribution is -2.31. The van der Waals surface area contributed by atoms with Crippen molar-refractivity contribution in [2.24, 2.45) is 0 Å². The first-order chi connectivity index (χ1) is 11.8. The molecule has 0 unspecified atom stereocenters. The maximum absolute atomic E-state index is 12.0. The van der Waals surface area contributed by atoms with E-state index in [1.54, 1.807) is 6.08 Å². The van der Waals surface area contributed by atoms with Crippen LogP contribution in [0.25, 0.3) is 6.08 Å². The lowest BCUT2D eigenvalue weighted by Gasteiger charge is -2.15. The second kappa shape index (κ2) is 8.31. The Bertz CT molecular complexity index is 566. The zero-order valence-electron chi connectivity index (χ0n) is 14.0. The van der Waals surface area contributed by atoms with E-state index in [0.717, 1.165) is 37.2 Å². The van der Waals surface area contributed by atoms with Gasteiger partial charge >= 0.3 is 5.97 Å². The SMILES string of the molecule is CCCCOc1ccc(/C=C/C(=O)O[C@@H]2CO[C@@H]3CCO[C@@H]32)cc1. The van der Waals surface area contributed by atoms with Crippen molar-refractivity contribution >= 4 is 12.0 Å². The number of fused-ring (bicyclic) bond motifs is 1. The van der Waals surface area contributed by atoms with Crippen molar-refractivity contribution in [1.82, 2.24) is 0 Å². The van der Waals surface area contributed by atoms with E-state index in [-0.39, 0.29) is 24.3 Å². The highest BCUT2D eigenvalue weighted by Gasteiger charge is 2.43. The molecule has 0 bridgehead atoms. The zero-order valence-corrected chi connectivity index (χ0v) is 14.0. The standard InChI is InChI=1S/C19H24O5/c1-2-3-11-21-15-7-4-14(5-8-15)6-9-18(20)24-17-13-23-16-10-12-22-19(16)17/h4-9,16-17,19H,2-3,10-13H2,1H3/b9-6+/t16-,17-,19+/m1/s1. The molecule has 0 N–H and O–H groups in total. The molecule has 0 aliphatic carbocycles. The Morgan fingerprint density at radius 1 is 1.29 bits per heavy atom. The van der Waals surface area contributed by atoms with Crippen LogP contribution in [0.15, 0.2) is 30.3 Å². The summed E-state index contributed by atoms with van der Waals surface area (Å²) in [5.41, 5.74) is 0.924. The highest BCUT2D eigenvalue weighted by Crippen LogP contribution is 2.28. The quantitative estimate of drug-likeness (QED) is 0.436. The van der Waals surface area contributed by atoms with Crippen LogP contribution in [0.3, 0.4) is 0 Å². The molecule has 2 saturated heterocycles. The molecular formula is C19H24O5. The Kier molecular flexibility index (Phi) is 5.88. The molecule has 3 rings (SSSR count). The number of esters is 1. The third-order valence-electron chi connectivity index (χ3n) is 4.25. The molecule has 1 aromatic carbocycles. The molecule has 0 aromatic heterocycles. The Labute approximate surface area is 142 Å². The molecule has 3 atom stereocenters. The maximum Gasteiger partial charge on any atom is 0.331 e. The van der Waals surface area contributed by atoms with Gasteiger partial charge in [-0.05, 0) is 36.6 Å². The molecule has 2 heterocycles. The molecular weight excluding hydrogens is 308 g/mol. The molecule has 24 heavy (non-hydrogen) atoms. The summed E-state index contributed by atoms with van der Waals surface area (Å²) in [6.07, 6.45) is 5.88. The van der Waals surface area contributed by atoms with Crippen molar-refractivity contribution < 1.29 is 23.7 Å². The molecule has 5 nitrogen and oxygen atoms in total. The highest BCUT2D eigenvalue weighted by molar-refractivity contribution is 5.87. The van der Waals surface area contributed by atoms with Gasteiger partial charge in [-0.2, -0.15) is 0 Å². The topological polar surface area (TPSA) is 54.0 Å². The van der Waals surface area contributed by atoms with Crippen LogP contribution in [0, 0.1) is 0 Å². The van der Waals surface area contributed by atoms with Gasteiger partial charge in [0.05, 0.1) is 19.3 Å². The minimum Gasteiger partial charge on any atom is -0.494 e. The number of benzene rings is 1.